The first-order valence-corrected chi connectivity index (χ1v) is 6.66. The van der Waals surface area contributed by atoms with Gasteiger partial charge in [0.1, 0.15) is 11.6 Å². The van der Waals surface area contributed by atoms with Crippen LogP contribution in [0.4, 0.5) is 0 Å². The second kappa shape index (κ2) is 6.82. The molecule has 2 atom stereocenters. The Balaban J connectivity index is 0.000000160. The average molecular weight is 224 g/mol. The van der Waals surface area contributed by atoms with Crippen LogP contribution in [0.5, 0.6) is 0 Å². The summed E-state index contributed by atoms with van der Waals surface area (Å²) in [5.41, 5.74) is 0. The molecule has 0 heterocycles. The Morgan fingerprint density at radius 1 is 0.750 bits per heavy atom. The van der Waals surface area contributed by atoms with Crippen LogP contribution in [-0.2, 0) is 9.59 Å². The van der Waals surface area contributed by atoms with Gasteiger partial charge in [-0.3, -0.25) is 9.59 Å². The van der Waals surface area contributed by atoms with Gasteiger partial charge in [0.15, 0.2) is 0 Å². The maximum Gasteiger partial charge on any atom is 0.135 e. The quantitative estimate of drug-likeness (QED) is 0.630. The number of Topliss-reactive ketones (excluding diaryl/α,β-unsaturated/α-hetero) is 2. The van der Waals surface area contributed by atoms with Gasteiger partial charge in [0, 0.05) is 24.7 Å². The lowest BCUT2D eigenvalue weighted by molar-refractivity contribution is -0.124. The second-order valence-corrected chi connectivity index (χ2v) is 5.23. The number of rotatable bonds is 0. The predicted molar refractivity (Wildman–Crippen MR) is 65.3 cm³/mol. The Morgan fingerprint density at radius 3 is 1.31 bits per heavy atom. The zero-order valence-electron chi connectivity index (χ0n) is 10.6. The molecule has 2 aliphatic rings. The van der Waals surface area contributed by atoms with Gasteiger partial charge in [-0.2, -0.15) is 0 Å². The van der Waals surface area contributed by atoms with Crippen molar-refractivity contribution in [1.29, 1.82) is 0 Å². The van der Waals surface area contributed by atoms with Gasteiger partial charge >= 0.3 is 0 Å². The Labute approximate surface area is 98.8 Å². The molecule has 2 heteroatoms. The van der Waals surface area contributed by atoms with Crippen molar-refractivity contribution in [1.82, 2.24) is 0 Å². The largest absolute Gasteiger partial charge is 0.299 e. The second-order valence-electron chi connectivity index (χ2n) is 5.23. The van der Waals surface area contributed by atoms with Crippen LogP contribution < -0.4 is 0 Å². The number of hydrogen-bond donors (Lipinski definition) is 0. The minimum Gasteiger partial charge on any atom is -0.299 e. The molecule has 16 heavy (non-hydrogen) atoms. The van der Waals surface area contributed by atoms with E-state index in [2.05, 4.69) is 0 Å². The Kier molecular flexibility index (Phi) is 5.72. The Bertz CT molecular complexity index is 219. The molecule has 0 saturated heterocycles. The monoisotopic (exact) mass is 224 g/mol. The lowest BCUT2D eigenvalue weighted by atomic mass is 9.90. The van der Waals surface area contributed by atoms with Crippen molar-refractivity contribution in [2.24, 2.45) is 11.8 Å². The van der Waals surface area contributed by atoms with Gasteiger partial charge in [0.05, 0.1) is 0 Å². The first-order chi connectivity index (χ1) is 7.61. The van der Waals surface area contributed by atoms with E-state index in [9.17, 15) is 9.59 Å². The van der Waals surface area contributed by atoms with Crippen LogP contribution in [0.1, 0.15) is 65.2 Å². The Hall–Kier alpha value is -0.660. The van der Waals surface area contributed by atoms with E-state index >= 15 is 0 Å². The van der Waals surface area contributed by atoms with E-state index in [-0.39, 0.29) is 0 Å². The highest BCUT2D eigenvalue weighted by Gasteiger charge is 2.16. The summed E-state index contributed by atoms with van der Waals surface area (Å²) in [5.74, 6) is 1.67. The van der Waals surface area contributed by atoms with Crippen LogP contribution in [0.15, 0.2) is 0 Å². The summed E-state index contributed by atoms with van der Waals surface area (Å²) in [7, 11) is 0. The van der Waals surface area contributed by atoms with E-state index in [0.717, 1.165) is 38.5 Å². The van der Waals surface area contributed by atoms with E-state index in [1.165, 1.54) is 12.8 Å². The van der Waals surface area contributed by atoms with Crippen molar-refractivity contribution < 1.29 is 9.59 Å². The normalized spacial score (nSPS) is 30.6. The fourth-order valence-electron chi connectivity index (χ4n) is 2.31. The van der Waals surface area contributed by atoms with Crippen molar-refractivity contribution in [3.8, 4) is 0 Å². The first kappa shape index (κ1) is 13.4. The van der Waals surface area contributed by atoms with Gasteiger partial charge in [0.2, 0.25) is 0 Å². The van der Waals surface area contributed by atoms with E-state index in [1.54, 1.807) is 0 Å². The topological polar surface area (TPSA) is 34.1 Å². The van der Waals surface area contributed by atoms with Gasteiger partial charge < -0.3 is 0 Å². The smallest absolute Gasteiger partial charge is 0.135 e. The molecule has 0 N–H and O–H groups in total. The molecular formula is C14H24O2. The molecule has 0 amide bonds. The molecular weight excluding hydrogens is 200 g/mol. The molecule has 2 rings (SSSR count). The standard InChI is InChI=1S/2C7H12O/c2*1-6-4-2-3-5-7(6)8/h2*6H,2-5H2,1H3. The molecule has 0 radical (unpaired) electrons. The maximum absolute atomic E-state index is 10.8. The van der Waals surface area contributed by atoms with E-state index in [0.29, 0.717) is 23.4 Å². The highest BCUT2D eigenvalue weighted by atomic mass is 16.1. The molecule has 0 bridgehead atoms. The van der Waals surface area contributed by atoms with E-state index in [1.807, 2.05) is 13.8 Å². The number of hydrogen-bond acceptors (Lipinski definition) is 2. The average Bonchev–Trinajstić information content (AvgIpc) is 2.28. The van der Waals surface area contributed by atoms with Gasteiger partial charge in [0.25, 0.3) is 0 Å². The molecule has 2 unspecified atom stereocenters. The van der Waals surface area contributed by atoms with Gasteiger partial charge in [-0.1, -0.05) is 26.7 Å². The Morgan fingerprint density at radius 2 is 1.12 bits per heavy atom. The van der Waals surface area contributed by atoms with Crippen molar-refractivity contribution in [3.05, 3.63) is 0 Å². The lowest BCUT2D eigenvalue weighted by Gasteiger charge is -2.14. The fraction of sp³-hybridized carbons (Fsp3) is 0.857. The van der Waals surface area contributed by atoms with Crippen molar-refractivity contribution in [2.45, 2.75) is 65.2 Å². The third kappa shape index (κ3) is 4.46. The molecule has 92 valence electrons. The lowest BCUT2D eigenvalue weighted by Crippen LogP contribution is -2.14. The molecule has 2 nitrogen and oxygen atoms in total. The van der Waals surface area contributed by atoms with Crippen molar-refractivity contribution in [3.63, 3.8) is 0 Å². The summed E-state index contributed by atoms with van der Waals surface area (Å²) in [6.07, 6.45) is 8.69. The van der Waals surface area contributed by atoms with Gasteiger partial charge in [-0.05, 0) is 25.7 Å². The summed E-state index contributed by atoms with van der Waals surface area (Å²) in [6, 6.07) is 0. The zero-order chi connectivity index (χ0) is 12.0. The summed E-state index contributed by atoms with van der Waals surface area (Å²) in [6.45, 7) is 4.06. The third-order valence-corrected chi connectivity index (χ3v) is 3.72. The van der Waals surface area contributed by atoms with Crippen LogP contribution in [-0.4, -0.2) is 11.6 Å². The number of carbonyl (C=O) groups is 2. The molecule has 2 aliphatic carbocycles. The predicted octanol–water partition coefficient (Wildman–Crippen LogP) is 3.53. The summed E-state index contributed by atoms with van der Waals surface area (Å²) < 4.78 is 0. The first-order valence-electron chi connectivity index (χ1n) is 6.66. The summed E-state index contributed by atoms with van der Waals surface area (Å²) in [5, 5.41) is 0. The molecule has 0 aromatic heterocycles. The van der Waals surface area contributed by atoms with Crippen molar-refractivity contribution in [2.75, 3.05) is 0 Å². The van der Waals surface area contributed by atoms with Crippen molar-refractivity contribution >= 4 is 11.6 Å². The minimum absolute atomic E-state index is 0.365. The van der Waals surface area contributed by atoms with E-state index in [4.69, 9.17) is 0 Å². The highest BCUT2D eigenvalue weighted by Crippen LogP contribution is 2.19. The molecule has 0 aromatic carbocycles. The summed E-state index contributed by atoms with van der Waals surface area (Å²) >= 11 is 0. The molecule has 0 aliphatic heterocycles. The van der Waals surface area contributed by atoms with E-state index < -0.39 is 0 Å². The molecule has 2 fully saturated rings. The molecule has 0 aromatic rings. The van der Waals surface area contributed by atoms with Crippen LogP contribution in [0.2, 0.25) is 0 Å². The maximum atomic E-state index is 10.8. The van der Waals surface area contributed by atoms with Crippen LogP contribution >= 0.6 is 0 Å². The molecule has 0 spiro atoms. The summed E-state index contributed by atoms with van der Waals surface area (Å²) in [4.78, 5) is 21.6. The zero-order valence-corrected chi connectivity index (χ0v) is 10.6. The SMILES string of the molecule is CC1CCCCC1=O.CC1CCCCC1=O. The van der Waals surface area contributed by atoms with Crippen LogP contribution in [0, 0.1) is 11.8 Å². The van der Waals surface area contributed by atoms with Crippen LogP contribution in [0.25, 0.3) is 0 Å². The van der Waals surface area contributed by atoms with Gasteiger partial charge in [-0.15, -0.1) is 0 Å². The van der Waals surface area contributed by atoms with Crippen LogP contribution in [0.3, 0.4) is 0 Å². The highest BCUT2D eigenvalue weighted by molar-refractivity contribution is 5.81. The minimum atomic E-state index is 0.365. The fourth-order valence-corrected chi connectivity index (χ4v) is 2.31. The number of ketones is 2. The van der Waals surface area contributed by atoms with Gasteiger partial charge in [-0.25, -0.2) is 0 Å². The third-order valence-electron chi connectivity index (χ3n) is 3.72. The number of carbonyl (C=O) groups excluding carboxylic acids is 2. The molecule has 2 saturated carbocycles.